The van der Waals surface area contributed by atoms with E-state index in [-0.39, 0.29) is 11.5 Å². The summed E-state index contributed by atoms with van der Waals surface area (Å²) in [6.45, 7) is 10.4. The summed E-state index contributed by atoms with van der Waals surface area (Å²) in [5, 5.41) is 3.26. The molecule has 2 N–H and O–H groups in total. The third kappa shape index (κ3) is 3.85. The number of aryl methyl sites for hydroxylation is 1. The molecule has 1 heterocycles. The van der Waals surface area contributed by atoms with E-state index in [9.17, 15) is 0 Å². The Morgan fingerprint density at radius 3 is 2.62 bits per heavy atom. The number of rotatable bonds is 5. The number of hydrogen-bond donors (Lipinski definition) is 1. The van der Waals surface area contributed by atoms with Crippen molar-refractivity contribution in [1.82, 2.24) is 9.88 Å². The van der Waals surface area contributed by atoms with Gasteiger partial charge in [0.1, 0.15) is 0 Å². The summed E-state index contributed by atoms with van der Waals surface area (Å²) in [4.78, 5) is 6.76. The molecule has 1 aromatic rings. The van der Waals surface area contributed by atoms with Gasteiger partial charge >= 0.3 is 0 Å². The van der Waals surface area contributed by atoms with Gasteiger partial charge < -0.3 is 5.73 Å². The van der Waals surface area contributed by atoms with E-state index in [0.29, 0.717) is 0 Å². The zero-order chi connectivity index (χ0) is 12.3. The fourth-order valence-corrected chi connectivity index (χ4v) is 2.26. The molecule has 0 bridgehead atoms. The average molecular weight is 241 g/mol. The Morgan fingerprint density at radius 1 is 1.56 bits per heavy atom. The molecule has 1 rings (SSSR count). The molecule has 16 heavy (non-hydrogen) atoms. The zero-order valence-corrected chi connectivity index (χ0v) is 11.8. The number of aromatic nitrogens is 1. The highest BCUT2D eigenvalue weighted by molar-refractivity contribution is 7.09. The first kappa shape index (κ1) is 13.6. The van der Waals surface area contributed by atoms with E-state index in [1.165, 1.54) is 0 Å². The molecule has 0 saturated heterocycles. The maximum absolute atomic E-state index is 5.98. The van der Waals surface area contributed by atoms with E-state index in [2.05, 4.69) is 43.1 Å². The molecule has 0 radical (unpaired) electrons. The second-order valence-electron chi connectivity index (χ2n) is 5.31. The standard InChI is InChI=1S/C12H23N3S/c1-9(13)12(3,4)8-15(5)6-11-7-16-10(2)14-11/h7,9H,6,8,13H2,1-5H3. The van der Waals surface area contributed by atoms with Crippen molar-refractivity contribution in [3.8, 4) is 0 Å². The molecule has 0 saturated carbocycles. The Labute approximate surface area is 103 Å². The lowest BCUT2D eigenvalue weighted by Crippen LogP contribution is -2.42. The summed E-state index contributed by atoms with van der Waals surface area (Å²) in [6, 6.07) is 0.201. The maximum Gasteiger partial charge on any atom is 0.0897 e. The Kier molecular flexibility index (Phi) is 4.47. The topological polar surface area (TPSA) is 42.2 Å². The van der Waals surface area contributed by atoms with Gasteiger partial charge in [-0.05, 0) is 26.3 Å². The van der Waals surface area contributed by atoms with Crippen LogP contribution < -0.4 is 5.73 Å². The van der Waals surface area contributed by atoms with Crippen molar-refractivity contribution in [3.63, 3.8) is 0 Å². The van der Waals surface area contributed by atoms with Crippen molar-refractivity contribution >= 4 is 11.3 Å². The van der Waals surface area contributed by atoms with E-state index in [4.69, 9.17) is 5.73 Å². The molecule has 1 atom stereocenters. The minimum atomic E-state index is 0.139. The Bertz CT molecular complexity index is 331. The summed E-state index contributed by atoms with van der Waals surface area (Å²) in [5.74, 6) is 0. The molecule has 0 aliphatic heterocycles. The van der Waals surface area contributed by atoms with Crippen LogP contribution in [0, 0.1) is 12.3 Å². The SMILES string of the molecule is Cc1nc(CN(C)CC(C)(C)C(C)N)cs1. The van der Waals surface area contributed by atoms with E-state index < -0.39 is 0 Å². The van der Waals surface area contributed by atoms with Crippen LogP contribution in [0.5, 0.6) is 0 Å². The average Bonchev–Trinajstić information content (AvgIpc) is 2.49. The van der Waals surface area contributed by atoms with Crippen molar-refractivity contribution in [2.45, 2.75) is 40.3 Å². The zero-order valence-electron chi connectivity index (χ0n) is 10.9. The van der Waals surface area contributed by atoms with Gasteiger partial charge in [0.2, 0.25) is 0 Å². The van der Waals surface area contributed by atoms with Gasteiger partial charge in [-0.1, -0.05) is 13.8 Å². The molecule has 1 aromatic heterocycles. The lowest BCUT2D eigenvalue weighted by Gasteiger charge is -2.33. The van der Waals surface area contributed by atoms with Crippen LogP contribution >= 0.6 is 11.3 Å². The van der Waals surface area contributed by atoms with Gasteiger partial charge in [-0.3, -0.25) is 4.90 Å². The summed E-state index contributed by atoms with van der Waals surface area (Å²) in [5.41, 5.74) is 7.27. The first-order valence-corrected chi connectivity index (χ1v) is 6.54. The van der Waals surface area contributed by atoms with Gasteiger partial charge in [-0.2, -0.15) is 0 Å². The Balaban J connectivity index is 2.50. The largest absolute Gasteiger partial charge is 0.327 e. The van der Waals surface area contributed by atoms with Crippen LogP contribution in [0.2, 0.25) is 0 Å². The van der Waals surface area contributed by atoms with Gasteiger partial charge in [0.25, 0.3) is 0 Å². The second-order valence-corrected chi connectivity index (χ2v) is 6.37. The third-order valence-corrected chi connectivity index (χ3v) is 3.83. The highest BCUT2D eigenvalue weighted by Gasteiger charge is 2.24. The minimum absolute atomic E-state index is 0.139. The van der Waals surface area contributed by atoms with Crippen molar-refractivity contribution in [2.75, 3.05) is 13.6 Å². The number of thiazole rings is 1. The first-order valence-electron chi connectivity index (χ1n) is 5.66. The molecule has 92 valence electrons. The van der Waals surface area contributed by atoms with Crippen LogP contribution in [-0.2, 0) is 6.54 Å². The molecule has 4 heteroatoms. The number of nitrogens with zero attached hydrogens (tertiary/aromatic N) is 2. The smallest absolute Gasteiger partial charge is 0.0897 e. The molecule has 0 aliphatic carbocycles. The second kappa shape index (κ2) is 5.25. The predicted molar refractivity (Wildman–Crippen MR) is 70.6 cm³/mol. The van der Waals surface area contributed by atoms with Crippen molar-refractivity contribution in [1.29, 1.82) is 0 Å². The molecule has 0 fully saturated rings. The molecule has 1 unspecified atom stereocenters. The molecular weight excluding hydrogens is 218 g/mol. The molecule has 0 amide bonds. The number of hydrogen-bond acceptors (Lipinski definition) is 4. The summed E-state index contributed by atoms with van der Waals surface area (Å²) >= 11 is 1.71. The monoisotopic (exact) mass is 241 g/mol. The predicted octanol–water partition coefficient (Wildman–Crippen LogP) is 2.26. The van der Waals surface area contributed by atoms with Crippen LogP contribution in [0.1, 0.15) is 31.5 Å². The van der Waals surface area contributed by atoms with Crippen molar-refractivity contribution in [2.24, 2.45) is 11.1 Å². The summed E-state index contributed by atoms with van der Waals surface area (Å²) < 4.78 is 0. The normalized spacial score (nSPS) is 14.4. The van der Waals surface area contributed by atoms with Crippen LogP contribution in [0.25, 0.3) is 0 Å². The quantitative estimate of drug-likeness (QED) is 0.860. The van der Waals surface area contributed by atoms with Gasteiger partial charge in [0.15, 0.2) is 0 Å². The highest BCUT2D eigenvalue weighted by atomic mass is 32.1. The lowest BCUT2D eigenvalue weighted by molar-refractivity contribution is 0.177. The molecule has 0 aromatic carbocycles. The fraction of sp³-hybridized carbons (Fsp3) is 0.750. The first-order chi connectivity index (χ1) is 7.31. The van der Waals surface area contributed by atoms with E-state index in [1.807, 2.05) is 6.92 Å². The van der Waals surface area contributed by atoms with Gasteiger partial charge in [-0.25, -0.2) is 4.98 Å². The highest BCUT2D eigenvalue weighted by Crippen LogP contribution is 2.21. The maximum atomic E-state index is 5.98. The van der Waals surface area contributed by atoms with Crippen LogP contribution in [0.4, 0.5) is 0 Å². The number of nitrogens with two attached hydrogens (primary N) is 1. The third-order valence-electron chi connectivity index (χ3n) is 3.01. The molecular formula is C12H23N3S. The van der Waals surface area contributed by atoms with Crippen LogP contribution in [0.3, 0.4) is 0 Å². The van der Waals surface area contributed by atoms with E-state index in [0.717, 1.165) is 23.8 Å². The minimum Gasteiger partial charge on any atom is -0.327 e. The Morgan fingerprint density at radius 2 is 2.19 bits per heavy atom. The van der Waals surface area contributed by atoms with Crippen LogP contribution in [0.15, 0.2) is 5.38 Å². The van der Waals surface area contributed by atoms with Gasteiger partial charge in [0.05, 0.1) is 10.7 Å². The van der Waals surface area contributed by atoms with Crippen molar-refractivity contribution < 1.29 is 0 Å². The van der Waals surface area contributed by atoms with E-state index >= 15 is 0 Å². The lowest BCUT2D eigenvalue weighted by atomic mass is 9.85. The Hall–Kier alpha value is -0.450. The van der Waals surface area contributed by atoms with E-state index in [1.54, 1.807) is 11.3 Å². The molecule has 3 nitrogen and oxygen atoms in total. The summed E-state index contributed by atoms with van der Waals surface area (Å²) in [6.07, 6.45) is 0. The fourth-order valence-electron chi connectivity index (χ4n) is 1.65. The van der Waals surface area contributed by atoms with Crippen LogP contribution in [-0.4, -0.2) is 29.5 Å². The van der Waals surface area contributed by atoms with Gasteiger partial charge in [-0.15, -0.1) is 11.3 Å². The van der Waals surface area contributed by atoms with Gasteiger partial charge in [0, 0.05) is 24.5 Å². The molecule has 0 spiro atoms. The molecule has 0 aliphatic rings. The summed E-state index contributed by atoms with van der Waals surface area (Å²) in [7, 11) is 2.12. The van der Waals surface area contributed by atoms with Crippen molar-refractivity contribution in [3.05, 3.63) is 16.1 Å².